The van der Waals surface area contributed by atoms with Crippen LogP contribution >= 0.6 is 11.6 Å². The van der Waals surface area contributed by atoms with Gasteiger partial charge >= 0.3 is 6.18 Å². The summed E-state index contributed by atoms with van der Waals surface area (Å²) in [6, 6.07) is 3.12. The van der Waals surface area contributed by atoms with Gasteiger partial charge in [-0.2, -0.15) is 13.2 Å². The summed E-state index contributed by atoms with van der Waals surface area (Å²) < 4.78 is 68.6. The lowest BCUT2D eigenvalue weighted by atomic mass is 9.97. The molecule has 0 saturated heterocycles. The summed E-state index contributed by atoms with van der Waals surface area (Å²) in [7, 11) is 0. The Morgan fingerprint density at radius 3 is 2.30 bits per heavy atom. The molecule has 0 aliphatic carbocycles. The first-order chi connectivity index (χ1) is 12.6. The number of nitrogens with one attached hydrogen (secondary N) is 1. The van der Waals surface area contributed by atoms with Crippen molar-refractivity contribution >= 4 is 29.3 Å². The van der Waals surface area contributed by atoms with Crippen molar-refractivity contribution in [3.8, 4) is 0 Å². The minimum absolute atomic E-state index is 0.0239. The van der Waals surface area contributed by atoms with E-state index in [1.807, 2.05) is 0 Å². The number of hydrogen-bond acceptors (Lipinski definition) is 3. The summed E-state index contributed by atoms with van der Waals surface area (Å²) in [6.07, 6.45) is -4.27. The number of aliphatic imine (C=N–C) groups is 1. The van der Waals surface area contributed by atoms with Crippen molar-refractivity contribution < 1.29 is 26.7 Å². The SMILES string of the molecule is C[C@@H]1N=C(c2c(F)cccc2F)c2c(ccc(C(F)(F)F)c2Cl)NC1C=O. The van der Waals surface area contributed by atoms with Crippen LogP contribution in [0.4, 0.5) is 27.6 Å². The van der Waals surface area contributed by atoms with E-state index in [9.17, 15) is 26.7 Å². The highest BCUT2D eigenvalue weighted by molar-refractivity contribution is 6.37. The van der Waals surface area contributed by atoms with E-state index in [1.165, 1.54) is 6.92 Å². The minimum atomic E-state index is -4.78. The van der Waals surface area contributed by atoms with Gasteiger partial charge in [0.1, 0.15) is 24.0 Å². The molecule has 0 bridgehead atoms. The Kier molecular flexibility index (Phi) is 4.94. The Labute approximate surface area is 155 Å². The van der Waals surface area contributed by atoms with Gasteiger partial charge in [0.05, 0.1) is 27.9 Å². The van der Waals surface area contributed by atoms with E-state index in [0.29, 0.717) is 6.29 Å². The first-order valence-electron chi connectivity index (χ1n) is 7.79. The molecule has 0 spiro atoms. The monoisotopic (exact) mass is 402 g/mol. The van der Waals surface area contributed by atoms with Crippen LogP contribution in [0.5, 0.6) is 0 Å². The summed E-state index contributed by atoms with van der Waals surface area (Å²) >= 11 is 6.00. The number of carbonyl (C=O) groups is 1. The van der Waals surface area contributed by atoms with Crippen molar-refractivity contribution in [2.75, 3.05) is 5.32 Å². The number of alkyl halides is 3. The highest BCUT2D eigenvalue weighted by Crippen LogP contribution is 2.41. The van der Waals surface area contributed by atoms with Crippen LogP contribution in [0, 0.1) is 11.6 Å². The molecule has 0 amide bonds. The van der Waals surface area contributed by atoms with Gasteiger partial charge in [0.15, 0.2) is 0 Å². The van der Waals surface area contributed by atoms with E-state index in [0.717, 1.165) is 30.3 Å². The molecular weight excluding hydrogens is 391 g/mol. The molecule has 0 radical (unpaired) electrons. The molecule has 1 unspecified atom stereocenters. The second kappa shape index (κ2) is 6.92. The van der Waals surface area contributed by atoms with Crippen LogP contribution in [-0.4, -0.2) is 24.1 Å². The number of carbonyl (C=O) groups excluding carboxylic acids is 1. The number of halogens is 6. The molecule has 9 heteroatoms. The van der Waals surface area contributed by atoms with Crippen molar-refractivity contribution in [1.29, 1.82) is 0 Å². The fourth-order valence-electron chi connectivity index (χ4n) is 2.86. The Bertz CT molecular complexity index is 922. The molecule has 27 heavy (non-hydrogen) atoms. The molecular formula is C18H12ClF5N2O. The fourth-order valence-corrected chi connectivity index (χ4v) is 3.22. The normalized spacial score (nSPS) is 19.6. The third-order valence-corrected chi connectivity index (χ3v) is 4.60. The minimum Gasteiger partial charge on any atom is -0.373 e. The maximum absolute atomic E-state index is 14.4. The van der Waals surface area contributed by atoms with E-state index in [4.69, 9.17) is 11.6 Å². The molecule has 1 aliphatic heterocycles. The van der Waals surface area contributed by atoms with Gasteiger partial charge < -0.3 is 10.1 Å². The number of benzene rings is 2. The molecule has 142 valence electrons. The van der Waals surface area contributed by atoms with Crippen molar-refractivity contribution in [3.05, 3.63) is 63.7 Å². The lowest BCUT2D eigenvalue weighted by Gasteiger charge is -2.18. The van der Waals surface area contributed by atoms with Crippen molar-refractivity contribution in [3.63, 3.8) is 0 Å². The molecule has 1 N–H and O–H groups in total. The van der Waals surface area contributed by atoms with Gasteiger partial charge in [-0.15, -0.1) is 0 Å². The van der Waals surface area contributed by atoms with Gasteiger partial charge in [0, 0.05) is 11.3 Å². The molecule has 3 rings (SSSR count). The largest absolute Gasteiger partial charge is 0.417 e. The first kappa shape index (κ1) is 19.3. The van der Waals surface area contributed by atoms with E-state index < -0.39 is 46.0 Å². The molecule has 1 aliphatic rings. The number of rotatable bonds is 2. The van der Waals surface area contributed by atoms with E-state index in [1.54, 1.807) is 0 Å². The van der Waals surface area contributed by atoms with Crippen molar-refractivity contribution in [1.82, 2.24) is 0 Å². The third kappa shape index (κ3) is 3.41. The van der Waals surface area contributed by atoms with E-state index >= 15 is 0 Å². The number of nitrogens with zero attached hydrogens (tertiary/aromatic N) is 1. The fraction of sp³-hybridized carbons (Fsp3) is 0.222. The van der Waals surface area contributed by atoms with E-state index in [-0.39, 0.29) is 17.0 Å². The standard InChI is InChI=1S/C18H12ClF5N2O/c1-8-13(7-27)26-12-6-5-9(18(22,23)24)16(19)15(12)17(25-8)14-10(20)3-2-4-11(14)21/h2-8,13,26H,1H3/t8-,13?/m0/s1. The van der Waals surface area contributed by atoms with Crippen molar-refractivity contribution in [2.45, 2.75) is 25.2 Å². The van der Waals surface area contributed by atoms with Gasteiger partial charge in [0.25, 0.3) is 0 Å². The summed E-state index contributed by atoms with van der Waals surface area (Å²) in [5, 5.41) is 1.98. The molecule has 0 saturated carbocycles. The number of anilines is 1. The molecule has 0 aromatic heterocycles. The maximum Gasteiger partial charge on any atom is 0.417 e. The van der Waals surface area contributed by atoms with Gasteiger partial charge in [-0.25, -0.2) is 8.78 Å². The highest BCUT2D eigenvalue weighted by atomic mass is 35.5. The number of aldehydes is 1. The zero-order valence-electron chi connectivity index (χ0n) is 13.7. The second-order valence-corrected chi connectivity index (χ2v) is 6.35. The topological polar surface area (TPSA) is 41.5 Å². The quantitative estimate of drug-likeness (QED) is 0.576. The van der Waals surface area contributed by atoms with Crippen LogP contribution in [0.1, 0.15) is 23.6 Å². The zero-order chi connectivity index (χ0) is 19.9. The van der Waals surface area contributed by atoms with Crippen molar-refractivity contribution in [2.24, 2.45) is 4.99 Å². The average Bonchev–Trinajstić information content (AvgIpc) is 2.71. The highest BCUT2D eigenvalue weighted by Gasteiger charge is 2.37. The van der Waals surface area contributed by atoms with Crippen LogP contribution in [0.2, 0.25) is 5.02 Å². The molecule has 2 aromatic carbocycles. The number of hydrogen-bond donors (Lipinski definition) is 1. The lowest BCUT2D eigenvalue weighted by Crippen LogP contribution is -2.31. The zero-order valence-corrected chi connectivity index (χ0v) is 14.5. The number of fused-ring (bicyclic) bond motifs is 1. The van der Waals surface area contributed by atoms with Crippen LogP contribution in [0.25, 0.3) is 0 Å². The molecule has 1 heterocycles. The first-order valence-corrected chi connectivity index (χ1v) is 8.17. The molecule has 0 fully saturated rings. The Balaban J connectivity index is 2.38. The van der Waals surface area contributed by atoms with Gasteiger partial charge in [-0.1, -0.05) is 17.7 Å². The van der Waals surface area contributed by atoms with Gasteiger partial charge in [-0.05, 0) is 31.2 Å². The van der Waals surface area contributed by atoms with Crippen LogP contribution in [0.3, 0.4) is 0 Å². The molecule has 3 nitrogen and oxygen atoms in total. The lowest BCUT2D eigenvalue weighted by molar-refractivity contribution is -0.137. The summed E-state index contributed by atoms with van der Waals surface area (Å²) in [5.41, 5.74) is -2.46. The summed E-state index contributed by atoms with van der Waals surface area (Å²) in [4.78, 5) is 15.5. The van der Waals surface area contributed by atoms with Gasteiger partial charge in [-0.3, -0.25) is 4.99 Å². The second-order valence-electron chi connectivity index (χ2n) is 5.97. The third-order valence-electron chi connectivity index (χ3n) is 4.20. The molecule has 2 atom stereocenters. The van der Waals surface area contributed by atoms with Crippen LogP contribution in [-0.2, 0) is 11.0 Å². The Morgan fingerprint density at radius 2 is 1.74 bits per heavy atom. The van der Waals surface area contributed by atoms with Gasteiger partial charge in [0.2, 0.25) is 0 Å². The van der Waals surface area contributed by atoms with Crippen LogP contribution in [0.15, 0.2) is 35.3 Å². The van der Waals surface area contributed by atoms with E-state index in [2.05, 4.69) is 10.3 Å². The predicted molar refractivity (Wildman–Crippen MR) is 91.4 cm³/mol. The predicted octanol–water partition coefficient (Wildman–Crippen LogP) is 4.86. The summed E-state index contributed by atoms with van der Waals surface area (Å²) in [5.74, 6) is -2.02. The average molecular weight is 403 g/mol. The molecule has 2 aromatic rings. The van der Waals surface area contributed by atoms with Crippen LogP contribution < -0.4 is 5.32 Å². The number of benzodiazepines with no additional fused rings is 1. The smallest absolute Gasteiger partial charge is 0.373 e. The maximum atomic E-state index is 14.4. The Morgan fingerprint density at radius 1 is 1.11 bits per heavy atom. The Hall–Kier alpha value is -2.48. The summed E-state index contributed by atoms with van der Waals surface area (Å²) in [6.45, 7) is 1.50.